The topological polar surface area (TPSA) is 73.1 Å². The van der Waals surface area contributed by atoms with Crippen LogP contribution < -0.4 is 16.4 Å². The van der Waals surface area contributed by atoms with Gasteiger partial charge >= 0.3 is 11.1 Å². The number of nitrogens with zero attached hydrogens (tertiary/aromatic N) is 2. The Morgan fingerprint density at radius 2 is 1.93 bits per heavy atom. The minimum Gasteiger partial charge on any atom is -0.325 e. The average Bonchev–Trinajstić information content (AvgIpc) is 2.64. The van der Waals surface area contributed by atoms with Crippen LogP contribution in [0.1, 0.15) is 24.9 Å². The molecule has 0 spiro atoms. The van der Waals surface area contributed by atoms with E-state index < -0.39 is 11.1 Å². The van der Waals surface area contributed by atoms with Crippen molar-refractivity contribution in [2.45, 2.75) is 32.4 Å². The molecule has 1 atom stereocenters. The highest BCUT2D eigenvalue weighted by atomic mass is 79.9. The number of carbonyl (C=O) groups excluding carboxylic acids is 1. The lowest BCUT2D eigenvalue weighted by Crippen LogP contribution is -2.45. The van der Waals surface area contributed by atoms with Gasteiger partial charge in [-0.2, -0.15) is 0 Å². The fourth-order valence-corrected chi connectivity index (χ4v) is 4.17. The van der Waals surface area contributed by atoms with Gasteiger partial charge in [-0.25, -0.2) is 0 Å². The summed E-state index contributed by atoms with van der Waals surface area (Å²) in [7, 11) is 0. The summed E-state index contributed by atoms with van der Waals surface area (Å²) in [5.41, 5.74) is 1.73. The lowest BCUT2D eigenvalue weighted by Gasteiger charge is -2.26. The molecule has 138 valence electrons. The van der Waals surface area contributed by atoms with Crippen LogP contribution in [0.5, 0.6) is 0 Å². The normalized spacial score (nSPS) is 15.7. The minimum absolute atomic E-state index is 0.0471. The first kappa shape index (κ1) is 17.7. The first-order valence-corrected chi connectivity index (χ1v) is 9.57. The Bertz CT molecular complexity index is 1170. The number of hydrogen-bond acceptors (Lipinski definition) is 3. The standard InChI is InChI=1S/C20H18BrN3O3/c1-12-7-8-13-9-14(21)10-16-18(13)24(12)20(27)19(26)23(16)11-17(25)22-15-5-3-2-4-6-15/h2-6,9-10,12H,7-8,11H2,1H3,(H,22,25). The Balaban J connectivity index is 1.85. The molecule has 2 aromatic carbocycles. The van der Waals surface area contributed by atoms with E-state index in [2.05, 4.69) is 21.2 Å². The van der Waals surface area contributed by atoms with E-state index in [1.165, 1.54) is 4.57 Å². The molecule has 0 aliphatic carbocycles. The predicted molar refractivity (Wildman–Crippen MR) is 108 cm³/mol. The molecule has 1 N–H and O–H groups in total. The van der Waals surface area contributed by atoms with Gasteiger partial charge in [0, 0.05) is 16.2 Å². The largest absolute Gasteiger partial charge is 0.325 e. The highest BCUT2D eigenvalue weighted by Gasteiger charge is 2.24. The van der Waals surface area contributed by atoms with Crippen LogP contribution in [0.15, 0.2) is 56.5 Å². The summed E-state index contributed by atoms with van der Waals surface area (Å²) in [5, 5.41) is 2.76. The summed E-state index contributed by atoms with van der Waals surface area (Å²) in [6.07, 6.45) is 1.63. The Hall–Kier alpha value is -2.67. The van der Waals surface area contributed by atoms with E-state index in [0.29, 0.717) is 11.2 Å². The van der Waals surface area contributed by atoms with Crippen molar-refractivity contribution in [2.24, 2.45) is 0 Å². The monoisotopic (exact) mass is 427 g/mol. The Morgan fingerprint density at radius 1 is 1.19 bits per heavy atom. The number of nitrogens with one attached hydrogen (secondary N) is 1. The zero-order valence-corrected chi connectivity index (χ0v) is 16.3. The quantitative estimate of drug-likeness (QED) is 0.652. The highest BCUT2D eigenvalue weighted by molar-refractivity contribution is 9.10. The first-order chi connectivity index (χ1) is 13.0. The number of halogens is 1. The van der Waals surface area contributed by atoms with Gasteiger partial charge in [0.25, 0.3) is 0 Å². The summed E-state index contributed by atoms with van der Waals surface area (Å²) < 4.78 is 3.68. The molecule has 2 heterocycles. The minimum atomic E-state index is -0.677. The van der Waals surface area contributed by atoms with Gasteiger partial charge in [-0.3, -0.25) is 23.5 Å². The third-order valence-electron chi connectivity index (χ3n) is 4.94. The third kappa shape index (κ3) is 3.12. The number of hydrogen-bond donors (Lipinski definition) is 1. The molecule has 1 amide bonds. The van der Waals surface area contributed by atoms with E-state index in [1.807, 2.05) is 31.2 Å². The van der Waals surface area contributed by atoms with Crippen molar-refractivity contribution in [2.75, 3.05) is 5.32 Å². The second-order valence-electron chi connectivity index (χ2n) is 6.80. The summed E-state index contributed by atoms with van der Waals surface area (Å²) in [4.78, 5) is 38.0. The van der Waals surface area contributed by atoms with Crippen LogP contribution in [0.2, 0.25) is 0 Å². The molecule has 1 aliphatic heterocycles. The van der Waals surface area contributed by atoms with Crippen molar-refractivity contribution in [3.63, 3.8) is 0 Å². The zero-order chi connectivity index (χ0) is 19.1. The molecule has 0 bridgehead atoms. The van der Waals surface area contributed by atoms with Crippen LogP contribution >= 0.6 is 15.9 Å². The van der Waals surface area contributed by atoms with Gasteiger partial charge in [0.05, 0.1) is 11.0 Å². The molecule has 4 rings (SSSR count). The number of anilines is 1. The van der Waals surface area contributed by atoms with Crippen molar-refractivity contribution in [1.29, 1.82) is 0 Å². The fourth-order valence-electron chi connectivity index (χ4n) is 3.68. The molecule has 7 heteroatoms. The van der Waals surface area contributed by atoms with E-state index in [9.17, 15) is 14.4 Å². The molecular formula is C20H18BrN3O3. The maximum atomic E-state index is 12.8. The molecule has 0 saturated carbocycles. The van der Waals surface area contributed by atoms with Crippen molar-refractivity contribution < 1.29 is 4.79 Å². The average molecular weight is 428 g/mol. The molecule has 6 nitrogen and oxygen atoms in total. The molecule has 0 radical (unpaired) electrons. The fraction of sp³-hybridized carbons (Fsp3) is 0.250. The van der Waals surface area contributed by atoms with Crippen LogP contribution in [-0.2, 0) is 17.8 Å². The van der Waals surface area contributed by atoms with Crippen LogP contribution in [0.25, 0.3) is 11.0 Å². The van der Waals surface area contributed by atoms with Crippen molar-refractivity contribution >= 4 is 38.6 Å². The number of aromatic nitrogens is 2. The molecule has 1 unspecified atom stereocenters. The van der Waals surface area contributed by atoms with Gasteiger partial charge in [0.2, 0.25) is 5.91 Å². The molecule has 0 saturated heterocycles. The Kier molecular flexibility index (Phi) is 4.47. The van der Waals surface area contributed by atoms with Crippen molar-refractivity contribution in [3.05, 3.63) is 73.2 Å². The summed E-state index contributed by atoms with van der Waals surface area (Å²) in [6, 6.07) is 12.7. The molecular weight excluding hydrogens is 410 g/mol. The van der Waals surface area contributed by atoms with Gasteiger partial charge in [0.1, 0.15) is 6.54 Å². The molecule has 1 aliphatic rings. The number of aryl methyl sites for hydroxylation is 1. The van der Waals surface area contributed by atoms with E-state index >= 15 is 0 Å². The molecule has 0 fully saturated rings. The zero-order valence-electron chi connectivity index (χ0n) is 14.7. The summed E-state index contributed by atoms with van der Waals surface area (Å²) >= 11 is 3.48. The van der Waals surface area contributed by atoms with Gasteiger partial charge in [-0.1, -0.05) is 34.1 Å². The van der Waals surface area contributed by atoms with Crippen LogP contribution in [0, 0.1) is 0 Å². The van der Waals surface area contributed by atoms with Gasteiger partial charge in [0.15, 0.2) is 0 Å². The van der Waals surface area contributed by atoms with Crippen LogP contribution in [-0.4, -0.2) is 15.0 Å². The highest BCUT2D eigenvalue weighted by Crippen LogP contribution is 2.31. The SMILES string of the molecule is CC1CCc2cc(Br)cc3c2n1c(=O)c(=O)n3CC(=O)Nc1ccccc1. The maximum Gasteiger partial charge on any atom is 0.317 e. The number of para-hydroxylation sites is 1. The van der Waals surface area contributed by atoms with Gasteiger partial charge < -0.3 is 5.32 Å². The van der Waals surface area contributed by atoms with Crippen molar-refractivity contribution in [3.8, 4) is 0 Å². The smallest absolute Gasteiger partial charge is 0.317 e. The second-order valence-corrected chi connectivity index (χ2v) is 7.72. The van der Waals surface area contributed by atoms with Crippen LogP contribution in [0.3, 0.4) is 0 Å². The number of rotatable bonds is 3. The van der Waals surface area contributed by atoms with Crippen LogP contribution in [0.4, 0.5) is 5.69 Å². The second kappa shape index (κ2) is 6.81. The first-order valence-electron chi connectivity index (χ1n) is 8.78. The van der Waals surface area contributed by atoms with E-state index in [4.69, 9.17) is 0 Å². The van der Waals surface area contributed by atoms with E-state index in [-0.39, 0.29) is 18.5 Å². The Labute approximate surface area is 163 Å². The molecule has 3 aromatic rings. The Morgan fingerprint density at radius 3 is 2.67 bits per heavy atom. The van der Waals surface area contributed by atoms with Crippen molar-refractivity contribution in [1.82, 2.24) is 9.13 Å². The van der Waals surface area contributed by atoms with Gasteiger partial charge in [-0.15, -0.1) is 0 Å². The predicted octanol–water partition coefficient (Wildman–Crippen LogP) is 3.07. The lowest BCUT2D eigenvalue weighted by molar-refractivity contribution is -0.116. The number of benzene rings is 2. The summed E-state index contributed by atoms with van der Waals surface area (Å²) in [6.45, 7) is 1.72. The summed E-state index contributed by atoms with van der Waals surface area (Å²) in [5.74, 6) is -0.353. The molecule has 27 heavy (non-hydrogen) atoms. The third-order valence-corrected chi connectivity index (χ3v) is 5.40. The van der Waals surface area contributed by atoms with E-state index in [1.54, 1.807) is 22.8 Å². The lowest BCUT2D eigenvalue weighted by atomic mass is 9.99. The van der Waals surface area contributed by atoms with Gasteiger partial charge in [-0.05, 0) is 49.6 Å². The number of amides is 1. The molecule has 1 aromatic heterocycles. The number of carbonyl (C=O) groups is 1. The maximum absolute atomic E-state index is 12.8. The van der Waals surface area contributed by atoms with E-state index in [0.717, 1.165) is 28.4 Å².